The normalized spacial score (nSPS) is 30.1. The zero-order valence-electron chi connectivity index (χ0n) is 14.1. The van der Waals surface area contributed by atoms with Crippen molar-refractivity contribution in [1.82, 2.24) is 10.2 Å². The highest BCUT2D eigenvalue weighted by Crippen LogP contribution is 2.38. The lowest BCUT2D eigenvalue weighted by atomic mass is 9.84. The average molecular weight is 300 g/mol. The summed E-state index contributed by atoms with van der Waals surface area (Å²) in [6.45, 7) is 7.76. The van der Waals surface area contributed by atoms with Crippen molar-refractivity contribution in [2.45, 2.75) is 63.4 Å². The summed E-state index contributed by atoms with van der Waals surface area (Å²) in [5.41, 5.74) is 0. The molecule has 2 fully saturated rings. The topological polar surface area (TPSA) is 43.0 Å². The largest absolute Gasteiger partial charge is 0.383 e. The molecule has 0 aromatic rings. The van der Waals surface area contributed by atoms with Crippen molar-refractivity contribution in [3.8, 4) is 0 Å². The zero-order chi connectivity index (χ0) is 15.3. The molecule has 0 radical (unpaired) electrons. The number of nitrogens with one attached hydrogen (secondary N) is 1. The van der Waals surface area contributed by atoms with Crippen LogP contribution in [0.15, 0.2) is 0 Å². The quantitative estimate of drug-likeness (QED) is 0.774. The van der Waals surface area contributed by atoms with Gasteiger partial charge >= 0.3 is 0 Å². The van der Waals surface area contributed by atoms with Crippen LogP contribution in [0.1, 0.15) is 39.5 Å². The predicted octanol–water partition coefficient (Wildman–Crippen LogP) is 1.62. The first-order chi connectivity index (χ1) is 10.2. The fourth-order valence-corrected chi connectivity index (χ4v) is 3.72. The monoisotopic (exact) mass is 300 g/mol. The minimum atomic E-state index is -0.337. The van der Waals surface area contributed by atoms with Gasteiger partial charge in [0.15, 0.2) is 5.79 Å². The van der Waals surface area contributed by atoms with Gasteiger partial charge in [-0.3, -0.25) is 4.90 Å². The first-order valence-corrected chi connectivity index (χ1v) is 8.35. The predicted molar refractivity (Wildman–Crippen MR) is 83.5 cm³/mol. The summed E-state index contributed by atoms with van der Waals surface area (Å²) in [7, 11) is 3.84. The summed E-state index contributed by atoms with van der Waals surface area (Å²) in [4.78, 5) is 2.58. The van der Waals surface area contributed by atoms with Crippen LogP contribution < -0.4 is 5.32 Å². The van der Waals surface area contributed by atoms with Gasteiger partial charge in [0.1, 0.15) is 0 Å². The van der Waals surface area contributed by atoms with Crippen LogP contribution in [0.25, 0.3) is 0 Å². The number of ether oxygens (including phenoxy) is 3. The van der Waals surface area contributed by atoms with Gasteiger partial charge in [-0.15, -0.1) is 0 Å². The van der Waals surface area contributed by atoms with E-state index in [0.29, 0.717) is 18.1 Å². The van der Waals surface area contributed by atoms with Crippen molar-refractivity contribution in [3.63, 3.8) is 0 Å². The Kier molecular flexibility index (Phi) is 6.44. The lowest BCUT2D eigenvalue weighted by Crippen LogP contribution is -2.59. The van der Waals surface area contributed by atoms with Crippen LogP contribution in [-0.2, 0) is 14.2 Å². The van der Waals surface area contributed by atoms with E-state index in [4.69, 9.17) is 14.2 Å². The van der Waals surface area contributed by atoms with Gasteiger partial charge in [-0.1, -0.05) is 6.92 Å². The van der Waals surface area contributed by atoms with E-state index in [1.165, 1.54) is 0 Å². The Hall–Kier alpha value is -0.200. The summed E-state index contributed by atoms with van der Waals surface area (Å²) < 4.78 is 17.2. The Balaban J connectivity index is 2.12. The third-order valence-corrected chi connectivity index (χ3v) is 5.14. The van der Waals surface area contributed by atoms with Gasteiger partial charge in [-0.25, -0.2) is 0 Å². The number of hydrogen-bond donors (Lipinski definition) is 1. The summed E-state index contributed by atoms with van der Waals surface area (Å²) in [5, 5.41) is 3.50. The molecule has 0 aromatic heterocycles. The third-order valence-electron chi connectivity index (χ3n) is 5.14. The molecule has 1 saturated carbocycles. The minimum absolute atomic E-state index is 0.337. The van der Waals surface area contributed by atoms with Crippen LogP contribution >= 0.6 is 0 Å². The second-order valence-corrected chi connectivity index (χ2v) is 6.30. The zero-order valence-corrected chi connectivity index (χ0v) is 14.1. The van der Waals surface area contributed by atoms with Crippen molar-refractivity contribution >= 4 is 0 Å². The molecule has 1 aliphatic carbocycles. The number of methoxy groups -OCH3 is 1. The van der Waals surface area contributed by atoms with Gasteiger partial charge in [-0.2, -0.15) is 0 Å². The molecule has 1 saturated heterocycles. The summed E-state index contributed by atoms with van der Waals surface area (Å²) in [6.07, 6.45) is 4.19. The minimum Gasteiger partial charge on any atom is -0.383 e. The standard InChI is InChI=1S/C16H32N2O3/c1-5-13(2)18(8-9-19-4)15-12-16(20-10-11-21-16)7-6-14(15)17-3/h13-15,17H,5-12H2,1-4H3. The molecule has 21 heavy (non-hydrogen) atoms. The maximum absolute atomic E-state index is 5.96. The van der Waals surface area contributed by atoms with Gasteiger partial charge in [0.25, 0.3) is 0 Å². The van der Waals surface area contributed by atoms with Crippen LogP contribution in [0.5, 0.6) is 0 Å². The van der Waals surface area contributed by atoms with E-state index in [1.54, 1.807) is 7.11 Å². The van der Waals surface area contributed by atoms with E-state index < -0.39 is 0 Å². The lowest BCUT2D eigenvalue weighted by Gasteiger charge is -2.47. The molecule has 0 aromatic carbocycles. The molecule has 1 heterocycles. The second-order valence-electron chi connectivity index (χ2n) is 6.30. The Morgan fingerprint density at radius 3 is 2.67 bits per heavy atom. The van der Waals surface area contributed by atoms with Gasteiger partial charge in [0.05, 0.1) is 19.8 Å². The van der Waals surface area contributed by atoms with Gasteiger partial charge in [-0.05, 0) is 26.8 Å². The molecular formula is C16H32N2O3. The molecule has 5 heteroatoms. The first-order valence-electron chi connectivity index (χ1n) is 8.35. The molecule has 1 N–H and O–H groups in total. The molecule has 3 unspecified atom stereocenters. The van der Waals surface area contributed by atoms with Crippen LogP contribution in [0.2, 0.25) is 0 Å². The van der Waals surface area contributed by atoms with Crippen molar-refractivity contribution in [1.29, 1.82) is 0 Å². The molecule has 2 aliphatic rings. The van der Waals surface area contributed by atoms with E-state index in [9.17, 15) is 0 Å². The SMILES string of the molecule is CCC(C)N(CCOC)C1CC2(CCC1NC)OCCO2. The lowest BCUT2D eigenvalue weighted by molar-refractivity contribution is -0.195. The van der Waals surface area contributed by atoms with Crippen LogP contribution in [0, 0.1) is 0 Å². The van der Waals surface area contributed by atoms with Gasteiger partial charge in [0.2, 0.25) is 0 Å². The van der Waals surface area contributed by atoms with E-state index in [-0.39, 0.29) is 5.79 Å². The fraction of sp³-hybridized carbons (Fsp3) is 1.00. The Morgan fingerprint density at radius 1 is 1.38 bits per heavy atom. The Bertz CT molecular complexity index is 308. The van der Waals surface area contributed by atoms with Gasteiger partial charge < -0.3 is 19.5 Å². The molecule has 1 aliphatic heterocycles. The number of likely N-dealkylation sites (N-methyl/N-ethyl adjacent to an activating group) is 1. The van der Waals surface area contributed by atoms with E-state index in [1.807, 2.05) is 0 Å². The van der Waals surface area contributed by atoms with Crippen molar-refractivity contribution in [2.75, 3.05) is 40.5 Å². The second kappa shape index (κ2) is 7.88. The average Bonchev–Trinajstić information content (AvgIpc) is 2.95. The molecule has 5 nitrogen and oxygen atoms in total. The summed E-state index contributed by atoms with van der Waals surface area (Å²) in [6, 6.07) is 1.47. The van der Waals surface area contributed by atoms with Crippen LogP contribution in [-0.4, -0.2) is 69.3 Å². The van der Waals surface area contributed by atoms with Crippen LogP contribution in [0.3, 0.4) is 0 Å². The van der Waals surface area contributed by atoms with E-state index in [0.717, 1.165) is 52.0 Å². The fourth-order valence-electron chi connectivity index (χ4n) is 3.72. The summed E-state index contributed by atoms with van der Waals surface area (Å²) in [5.74, 6) is -0.337. The maximum atomic E-state index is 5.96. The van der Waals surface area contributed by atoms with Crippen molar-refractivity contribution < 1.29 is 14.2 Å². The smallest absolute Gasteiger partial charge is 0.170 e. The highest BCUT2D eigenvalue weighted by atomic mass is 16.7. The number of hydrogen-bond acceptors (Lipinski definition) is 5. The van der Waals surface area contributed by atoms with Gasteiger partial charge in [0, 0.05) is 44.6 Å². The molecule has 0 bridgehead atoms. The number of nitrogens with zero attached hydrogens (tertiary/aromatic N) is 1. The van der Waals surface area contributed by atoms with E-state index >= 15 is 0 Å². The number of rotatable bonds is 7. The molecular weight excluding hydrogens is 268 g/mol. The van der Waals surface area contributed by atoms with Crippen LogP contribution in [0.4, 0.5) is 0 Å². The third kappa shape index (κ3) is 3.96. The summed E-state index contributed by atoms with van der Waals surface area (Å²) >= 11 is 0. The molecule has 124 valence electrons. The highest BCUT2D eigenvalue weighted by molar-refractivity contribution is 4.97. The van der Waals surface area contributed by atoms with Crippen molar-refractivity contribution in [2.24, 2.45) is 0 Å². The maximum Gasteiger partial charge on any atom is 0.170 e. The Labute approximate surface area is 129 Å². The van der Waals surface area contributed by atoms with Crippen molar-refractivity contribution in [3.05, 3.63) is 0 Å². The molecule has 1 spiro atoms. The first kappa shape index (κ1) is 17.2. The highest BCUT2D eigenvalue weighted by Gasteiger charge is 2.46. The Morgan fingerprint density at radius 2 is 2.10 bits per heavy atom. The molecule has 2 rings (SSSR count). The van der Waals surface area contributed by atoms with E-state index in [2.05, 4.69) is 31.1 Å². The molecule has 3 atom stereocenters. The molecule has 0 amide bonds.